The zero-order valence-corrected chi connectivity index (χ0v) is 13.7. The molecule has 0 saturated heterocycles. The van der Waals surface area contributed by atoms with Gasteiger partial charge in [-0.05, 0) is 25.1 Å². The molecule has 6 heteroatoms. The van der Waals surface area contributed by atoms with E-state index in [4.69, 9.17) is 27.9 Å². The van der Waals surface area contributed by atoms with Crippen molar-refractivity contribution in [2.75, 3.05) is 6.54 Å². The van der Waals surface area contributed by atoms with Gasteiger partial charge in [-0.2, -0.15) is 5.10 Å². The molecule has 0 aliphatic rings. The van der Waals surface area contributed by atoms with Crippen molar-refractivity contribution in [3.63, 3.8) is 0 Å². The van der Waals surface area contributed by atoms with Gasteiger partial charge < -0.3 is 10.1 Å². The van der Waals surface area contributed by atoms with Crippen LogP contribution in [0, 0.1) is 0 Å². The molecule has 1 aromatic carbocycles. The van der Waals surface area contributed by atoms with Crippen LogP contribution in [-0.2, 0) is 20.2 Å². The monoisotopic (exact) mass is 327 g/mol. The summed E-state index contributed by atoms with van der Waals surface area (Å²) in [4.78, 5) is 0. The van der Waals surface area contributed by atoms with Gasteiger partial charge in [0.25, 0.3) is 0 Å². The predicted octanol–water partition coefficient (Wildman–Crippen LogP) is 3.81. The van der Waals surface area contributed by atoms with E-state index in [1.165, 1.54) is 0 Å². The number of nitrogens with zero attached hydrogens (tertiary/aromatic N) is 2. The van der Waals surface area contributed by atoms with E-state index in [2.05, 4.69) is 17.3 Å². The molecule has 0 atom stereocenters. The highest BCUT2D eigenvalue weighted by atomic mass is 35.5. The van der Waals surface area contributed by atoms with Crippen molar-refractivity contribution in [3.8, 4) is 5.75 Å². The normalized spacial score (nSPS) is 10.9. The minimum absolute atomic E-state index is 0.427. The van der Waals surface area contributed by atoms with Crippen molar-refractivity contribution in [2.45, 2.75) is 26.5 Å². The molecule has 114 valence electrons. The second kappa shape index (κ2) is 7.69. The zero-order chi connectivity index (χ0) is 15.2. The van der Waals surface area contributed by atoms with Crippen molar-refractivity contribution in [1.82, 2.24) is 15.1 Å². The van der Waals surface area contributed by atoms with E-state index < -0.39 is 0 Å². The molecule has 0 spiro atoms. The van der Waals surface area contributed by atoms with E-state index in [-0.39, 0.29) is 0 Å². The van der Waals surface area contributed by atoms with Crippen LogP contribution in [0.25, 0.3) is 0 Å². The number of nitrogens with one attached hydrogen (secondary N) is 1. The summed E-state index contributed by atoms with van der Waals surface area (Å²) in [5.41, 5.74) is 1.96. The maximum Gasteiger partial charge on any atom is 0.142 e. The summed E-state index contributed by atoms with van der Waals surface area (Å²) >= 11 is 12.3. The summed E-state index contributed by atoms with van der Waals surface area (Å²) in [6.07, 6.45) is 4.76. The molecule has 1 aromatic heterocycles. The highest BCUT2D eigenvalue weighted by molar-refractivity contribution is 6.35. The van der Waals surface area contributed by atoms with Gasteiger partial charge in [0.15, 0.2) is 0 Å². The molecule has 1 heterocycles. The predicted molar refractivity (Wildman–Crippen MR) is 86.0 cm³/mol. The Morgan fingerprint density at radius 3 is 2.81 bits per heavy atom. The van der Waals surface area contributed by atoms with Gasteiger partial charge in [-0.15, -0.1) is 0 Å². The maximum atomic E-state index is 6.26. The lowest BCUT2D eigenvalue weighted by molar-refractivity contribution is 0.302. The standard InChI is InChI=1S/C15H19Cl2N3O/c1-3-4-18-8-12-5-13(16)6-14(17)15(12)21-10-11-7-19-20(2)9-11/h5-7,9,18H,3-4,8,10H2,1-2H3. The maximum absolute atomic E-state index is 6.26. The third-order valence-electron chi connectivity index (χ3n) is 2.97. The average Bonchev–Trinajstić information content (AvgIpc) is 2.83. The molecular weight excluding hydrogens is 309 g/mol. The first kappa shape index (κ1) is 16.1. The largest absolute Gasteiger partial charge is 0.487 e. The van der Waals surface area contributed by atoms with Crippen molar-refractivity contribution in [3.05, 3.63) is 45.7 Å². The quantitative estimate of drug-likeness (QED) is 0.786. The summed E-state index contributed by atoms with van der Waals surface area (Å²) in [7, 11) is 1.87. The smallest absolute Gasteiger partial charge is 0.142 e. The fourth-order valence-electron chi connectivity index (χ4n) is 2.01. The molecule has 0 fully saturated rings. The van der Waals surface area contributed by atoms with E-state index in [1.807, 2.05) is 19.3 Å². The number of hydrogen-bond acceptors (Lipinski definition) is 3. The highest BCUT2D eigenvalue weighted by Gasteiger charge is 2.11. The summed E-state index contributed by atoms with van der Waals surface area (Å²) in [5.74, 6) is 0.675. The molecular formula is C15H19Cl2N3O. The molecule has 0 aliphatic carbocycles. The Balaban J connectivity index is 2.12. The minimum atomic E-state index is 0.427. The Hall–Kier alpha value is -1.23. The lowest BCUT2D eigenvalue weighted by Gasteiger charge is -2.14. The van der Waals surface area contributed by atoms with Crippen LogP contribution in [-0.4, -0.2) is 16.3 Å². The topological polar surface area (TPSA) is 39.1 Å². The van der Waals surface area contributed by atoms with Crippen LogP contribution >= 0.6 is 23.2 Å². The van der Waals surface area contributed by atoms with Crippen LogP contribution in [0.4, 0.5) is 0 Å². The number of ether oxygens (including phenoxy) is 1. The van der Waals surface area contributed by atoms with E-state index in [0.29, 0.717) is 28.9 Å². The molecule has 2 aromatic rings. The SMILES string of the molecule is CCCNCc1cc(Cl)cc(Cl)c1OCc1cnn(C)c1. The summed E-state index contributed by atoms with van der Waals surface area (Å²) < 4.78 is 7.61. The van der Waals surface area contributed by atoms with Crippen molar-refractivity contribution < 1.29 is 4.74 Å². The zero-order valence-electron chi connectivity index (χ0n) is 12.2. The third kappa shape index (κ3) is 4.63. The van der Waals surface area contributed by atoms with Gasteiger partial charge >= 0.3 is 0 Å². The molecule has 0 amide bonds. The summed E-state index contributed by atoms with van der Waals surface area (Å²) in [6, 6.07) is 3.58. The molecule has 21 heavy (non-hydrogen) atoms. The molecule has 0 unspecified atom stereocenters. The summed E-state index contributed by atoms with van der Waals surface area (Å²) in [6.45, 7) is 4.16. The second-order valence-electron chi connectivity index (χ2n) is 4.86. The van der Waals surface area contributed by atoms with Crippen molar-refractivity contribution >= 4 is 23.2 Å². The number of hydrogen-bond donors (Lipinski definition) is 1. The Labute approximate surface area is 135 Å². The van der Waals surface area contributed by atoms with Gasteiger partial charge in [0.2, 0.25) is 0 Å². The van der Waals surface area contributed by atoms with Crippen LogP contribution in [0.2, 0.25) is 10.0 Å². The van der Waals surface area contributed by atoms with Gasteiger partial charge in [0, 0.05) is 35.9 Å². The molecule has 0 saturated carbocycles. The fourth-order valence-corrected chi connectivity index (χ4v) is 2.60. The lowest BCUT2D eigenvalue weighted by atomic mass is 10.2. The Bertz CT molecular complexity index is 599. The lowest BCUT2D eigenvalue weighted by Crippen LogP contribution is -2.15. The molecule has 1 N–H and O–H groups in total. The Morgan fingerprint density at radius 1 is 1.33 bits per heavy atom. The van der Waals surface area contributed by atoms with Crippen LogP contribution in [0.5, 0.6) is 5.75 Å². The molecule has 0 bridgehead atoms. The number of aryl methyl sites for hydroxylation is 1. The van der Waals surface area contributed by atoms with Gasteiger partial charge in [-0.25, -0.2) is 0 Å². The second-order valence-corrected chi connectivity index (χ2v) is 5.71. The third-order valence-corrected chi connectivity index (χ3v) is 3.47. The molecule has 0 radical (unpaired) electrons. The first-order valence-corrected chi connectivity index (χ1v) is 7.64. The van der Waals surface area contributed by atoms with Gasteiger partial charge in [0.1, 0.15) is 12.4 Å². The minimum Gasteiger partial charge on any atom is -0.487 e. The number of rotatable bonds is 7. The Kier molecular flexibility index (Phi) is 5.91. The van der Waals surface area contributed by atoms with Crippen molar-refractivity contribution in [2.24, 2.45) is 7.05 Å². The molecule has 4 nitrogen and oxygen atoms in total. The van der Waals surface area contributed by atoms with E-state index >= 15 is 0 Å². The number of halogens is 2. The summed E-state index contributed by atoms with van der Waals surface area (Å²) in [5, 5.41) is 8.59. The van der Waals surface area contributed by atoms with Crippen molar-refractivity contribution in [1.29, 1.82) is 0 Å². The first-order chi connectivity index (χ1) is 10.1. The molecule has 0 aliphatic heterocycles. The Morgan fingerprint density at radius 2 is 2.14 bits per heavy atom. The fraction of sp³-hybridized carbons (Fsp3) is 0.400. The molecule has 2 rings (SSSR count). The van der Waals surface area contributed by atoms with Gasteiger partial charge in [0.05, 0.1) is 11.2 Å². The van der Waals surface area contributed by atoms with Gasteiger partial charge in [-0.1, -0.05) is 30.1 Å². The van der Waals surface area contributed by atoms with Crippen LogP contribution in [0.3, 0.4) is 0 Å². The number of aromatic nitrogens is 2. The van der Waals surface area contributed by atoms with Gasteiger partial charge in [-0.3, -0.25) is 4.68 Å². The van der Waals surface area contributed by atoms with E-state index in [1.54, 1.807) is 16.9 Å². The van der Waals surface area contributed by atoms with E-state index in [9.17, 15) is 0 Å². The van der Waals surface area contributed by atoms with Crippen LogP contribution < -0.4 is 10.1 Å². The first-order valence-electron chi connectivity index (χ1n) is 6.89. The highest BCUT2D eigenvalue weighted by Crippen LogP contribution is 2.33. The number of benzene rings is 1. The van der Waals surface area contributed by atoms with Crippen LogP contribution in [0.15, 0.2) is 24.5 Å². The average molecular weight is 328 g/mol. The van der Waals surface area contributed by atoms with E-state index in [0.717, 1.165) is 24.1 Å². The van der Waals surface area contributed by atoms with Crippen LogP contribution in [0.1, 0.15) is 24.5 Å².